The molecule has 2 atom stereocenters. The first-order valence-corrected chi connectivity index (χ1v) is 7.97. The van der Waals surface area contributed by atoms with Crippen molar-refractivity contribution in [3.63, 3.8) is 0 Å². The minimum atomic E-state index is -0.0469. The Morgan fingerprint density at radius 2 is 1.77 bits per heavy atom. The number of benzene rings is 1. The molecule has 2 aliphatic rings. The van der Waals surface area contributed by atoms with Gasteiger partial charge in [0, 0.05) is 19.6 Å². The second kappa shape index (κ2) is 6.67. The number of hydrogen-bond donors (Lipinski definition) is 0. The number of amides is 2. The standard InChI is InChI=1S/C17H24N2O3/c1-13-3-5-15(6-4-13)16-12-19(11-14(2)22-16)17(20)18-7-9-21-10-8-18/h3-6,14,16H,7-12H2,1-2H3. The summed E-state index contributed by atoms with van der Waals surface area (Å²) in [6, 6.07) is 8.47. The van der Waals surface area contributed by atoms with Gasteiger partial charge in [-0.3, -0.25) is 0 Å². The van der Waals surface area contributed by atoms with Gasteiger partial charge in [-0.05, 0) is 19.4 Å². The van der Waals surface area contributed by atoms with Crippen molar-refractivity contribution in [2.75, 3.05) is 39.4 Å². The van der Waals surface area contributed by atoms with Crippen LogP contribution in [0.2, 0.25) is 0 Å². The molecule has 5 nitrogen and oxygen atoms in total. The molecule has 1 aromatic rings. The summed E-state index contributed by atoms with van der Waals surface area (Å²) in [6.07, 6.45) is -0.000570. The van der Waals surface area contributed by atoms with Crippen LogP contribution in [0.4, 0.5) is 4.79 Å². The summed E-state index contributed by atoms with van der Waals surface area (Å²) < 4.78 is 11.4. The van der Waals surface area contributed by atoms with Crippen molar-refractivity contribution in [3.8, 4) is 0 Å². The van der Waals surface area contributed by atoms with E-state index in [9.17, 15) is 4.79 Å². The van der Waals surface area contributed by atoms with Crippen LogP contribution in [-0.2, 0) is 9.47 Å². The van der Waals surface area contributed by atoms with Crippen LogP contribution in [-0.4, -0.2) is 61.3 Å². The predicted octanol–water partition coefficient (Wildman–Crippen LogP) is 2.21. The molecule has 0 saturated carbocycles. The van der Waals surface area contributed by atoms with Gasteiger partial charge in [0.25, 0.3) is 0 Å². The molecule has 2 unspecified atom stereocenters. The first kappa shape index (κ1) is 15.3. The van der Waals surface area contributed by atoms with E-state index in [4.69, 9.17) is 9.47 Å². The van der Waals surface area contributed by atoms with E-state index in [0.29, 0.717) is 39.4 Å². The first-order valence-electron chi connectivity index (χ1n) is 7.97. The van der Waals surface area contributed by atoms with Crippen LogP contribution in [0.15, 0.2) is 24.3 Å². The van der Waals surface area contributed by atoms with Gasteiger partial charge in [-0.2, -0.15) is 0 Å². The average Bonchev–Trinajstić information content (AvgIpc) is 2.55. The molecule has 3 rings (SSSR count). The molecule has 22 heavy (non-hydrogen) atoms. The molecule has 1 aromatic carbocycles. The zero-order chi connectivity index (χ0) is 15.5. The number of hydrogen-bond acceptors (Lipinski definition) is 3. The van der Waals surface area contributed by atoms with E-state index >= 15 is 0 Å². The molecule has 0 spiro atoms. The number of carbonyl (C=O) groups is 1. The van der Waals surface area contributed by atoms with Gasteiger partial charge < -0.3 is 19.3 Å². The molecule has 2 heterocycles. The maximum atomic E-state index is 12.7. The first-order chi connectivity index (χ1) is 10.6. The van der Waals surface area contributed by atoms with Crippen molar-refractivity contribution < 1.29 is 14.3 Å². The Morgan fingerprint density at radius 1 is 1.09 bits per heavy atom. The molecule has 0 N–H and O–H groups in total. The van der Waals surface area contributed by atoms with Gasteiger partial charge in [0.15, 0.2) is 0 Å². The summed E-state index contributed by atoms with van der Waals surface area (Å²) in [6.45, 7) is 7.99. The van der Waals surface area contributed by atoms with E-state index in [0.717, 1.165) is 5.56 Å². The molecular weight excluding hydrogens is 280 g/mol. The van der Waals surface area contributed by atoms with Gasteiger partial charge in [-0.15, -0.1) is 0 Å². The Kier molecular flexibility index (Phi) is 4.64. The lowest BCUT2D eigenvalue weighted by atomic mass is 10.1. The van der Waals surface area contributed by atoms with Crippen LogP contribution >= 0.6 is 0 Å². The Morgan fingerprint density at radius 3 is 2.45 bits per heavy atom. The quantitative estimate of drug-likeness (QED) is 0.799. The summed E-state index contributed by atoms with van der Waals surface area (Å²) in [5, 5.41) is 0. The Bertz CT molecular complexity index is 511. The fourth-order valence-electron chi connectivity index (χ4n) is 3.03. The lowest BCUT2D eigenvalue weighted by Crippen LogP contribution is -2.53. The highest BCUT2D eigenvalue weighted by Gasteiger charge is 2.32. The largest absolute Gasteiger partial charge is 0.378 e. The van der Waals surface area contributed by atoms with Crippen LogP contribution in [0, 0.1) is 6.92 Å². The summed E-state index contributed by atoms with van der Waals surface area (Å²) in [4.78, 5) is 16.5. The van der Waals surface area contributed by atoms with Crippen molar-refractivity contribution in [2.45, 2.75) is 26.1 Å². The van der Waals surface area contributed by atoms with Crippen LogP contribution in [0.3, 0.4) is 0 Å². The molecule has 120 valence electrons. The average molecular weight is 304 g/mol. The zero-order valence-corrected chi connectivity index (χ0v) is 13.3. The Balaban J connectivity index is 1.70. The second-order valence-corrected chi connectivity index (χ2v) is 6.13. The van der Waals surface area contributed by atoms with Gasteiger partial charge >= 0.3 is 6.03 Å². The molecule has 2 amide bonds. The lowest BCUT2D eigenvalue weighted by Gasteiger charge is -2.40. The highest BCUT2D eigenvalue weighted by Crippen LogP contribution is 2.26. The Hall–Kier alpha value is -1.59. The Labute approximate surface area is 131 Å². The van der Waals surface area contributed by atoms with E-state index in [1.807, 2.05) is 16.7 Å². The van der Waals surface area contributed by atoms with E-state index in [1.54, 1.807) is 0 Å². The maximum absolute atomic E-state index is 12.7. The zero-order valence-electron chi connectivity index (χ0n) is 13.3. The molecule has 0 aliphatic carbocycles. The SMILES string of the molecule is Cc1ccc(C2CN(C(=O)N3CCOCC3)CC(C)O2)cc1. The van der Waals surface area contributed by atoms with Crippen LogP contribution < -0.4 is 0 Å². The van der Waals surface area contributed by atoms with Gasteiger partial charge in [0.05, 0.1) is 25.9 Å². The van der Waals surface area contributed by atoms with Crippen LogP contribution in [0.25, 0.3) is 0 Å². The van der Waals surface area contributed by atoms with Crippen molar-refractivity contribution in [1.82, 2.24) is 9.80 Å². The summed E-state index contributed by atoms with van der Waals surface area (Å²) in [5.41, 5.74) is 2.37. The third kappa shape index (κ3) is 3.42. The monoisotopic (exact) mass is 304 g/mol. The minimum absolute atomic E-state index is 0.0463. The third-order valence-corrected chi connectivity index (χ3v) is 4.26. The fourth-order valence-corrected chi connectivity index (χ4v) is 3.03. The van der Waals surface area contributed by atoms with Gasteiger partial charge in [0.1, 0.15) is 6.10 Å². The third-order valence-electron chi connectivity index (χ3n) is 4.26. The van der Waals surface area contributed by atoms with E-state index in [2.05, 4.69) is 31.2 Å². The van der Waals surface area contributed by atoms with E-state index < -0.39 is 0 Å². The molecule has 0 radical (unpaired) electrons. The lowest BCUT2D eigenvalue weighted by molar-refractivity contribution is -0.0714. The molecule has 0 bridgehead atoms. The number of nitrogens with zero attached hydrogens (tertiary/aromatic N) is 2. The number of rotatable bonds is 1. The molecule has 2 aliphatic heterocycles. The maximum Gasteiger partial charge on any atom is 0.320 e. The van der Waals surface area contributed by atoms with E-state index in [1.165, 1.54) is 5.56 Å². The topological polar surface area (TPSA) is 42.0 Å². The van der Waals surface area contributed by atoms with Crippen molar-refractivity contribution in [3.05, 3.63) is 35.4 Å². The van der Waals surface area contributed by atoms with Gasteiger partial charge in [-0.1, -0.05) is 29.8 Å². The summed E-state index contributed by atoms with van der Waals surface area (Å²) in [7, 11) is 0. The fraction of sp³-hybridized carbons (Fsp3) is 0.588. The number of ether oxygens (including phenoxy) is 2. The van der Waals surface area contributed by atoms with Crippen molar-refractivity contribution in [1.29, 1.82) is 0 Å². The minimum Gasteiger partial charge on any atom is -0.378 e. The second-order valence-electron chi connectivity index (χ2n) is 6.13. The van der Waals surface area contributed by atoms with Crippen LogP contribution in [0.1, 0.15) is 24.2 Å². The molecule has 2 saturated heterocycles. The molecule has 2 fully saturated rings. The molecular formula is C17H24N2O3. The number of morpholine rings is 2. The predicted molar refractivity (Wildman–Crippen MR) is 83.8 cm³/mol. The van der Waals surface area contributed by atoms with Crippen molar-refractivity contribution >= 4 is 6.03 Å². The molecule has 5 heteroatoms. The van der Waals surface area contributed by atoms with Crippen molar-refractivity contribution in [2.24, 2.45) is 0 Å². The number of aryl methyl sites for hydroxylation is 1. The van der Waals surface area contributed by atoms with Gasteiger partial charge in [0.2, 0.25) is 0 Å². The summed E-state index contributed by atoms with van der Waals surface area (Å²) >= 11 is 0. The highest BCUT2D eigenvalue weighted by atomic mass is 16.5. The number of urea groups is 1. The van der Waals surface area contributed by atoms with E-state index in [-0.39, 0.29) is 18.2 Å². The highest BCUT2D eigenvalue weighted by molar-refractivity contribution is 5.74. The van der Waals surface area contributed by atoms with Gasteiger partial charge in [-0.25, -0.2) is 4.79 Å². The number of carbonyl (C=O) groups excluding carboxylic acids is 1. The normalized spacial score (nSPS) is 26.1. The van der Waals surface area contributed by atoms with Crippen LogP contribution in [0.5, 0.6) is 0 Å². The molecule has 0 aromatic heterocycles. The summed E-state index contributed by atoms with van der Waals surface area (Å²) in [5.74, 6) is 0. The smallest absolute Gasteiger partial charge is 0.320 e.